The van der Waals surface area contributed by atoms with Crippen LogP contribution in [-0.4, -0.2) is 29.9 Å². The van der Waals surface area contributed by atoms with E-state index in [1.165, 1.54) is 11.8 Å². The van der Waals surface area contributed by atoms with Crippen molar-refractivity contribution in [2.24, 2.45) is 0 Å². The Balaban J connectivity index is 1.68. The van der Waals surface area contributed by atoms with Gasteiger partial charge in [0.05, 0.1) is 12.0 Å². The summed E-state index contributed by atoms with van der Waals surface area (Å²) in [4.78, 5) is 24.5. The molecule has 0 aromatic heterocycles. The van der Waals surface area contributed by atoms with E-state index in [0.29, 0.717) is 32.0 Å². The van der Waals surface area contributed by atoms with Gasteiger partial charge in [-0.1, -0.05) is 39.9 Å². The van der Waals surface area contributed by atoms with Crippen molar-refractivity contribution >= 4 is 67.8 Å². The third-order valence-electron chi connectivity index (χ3n) is 3.63. The van der Waals surface area contributed by atoms with Gasteiger partial charge in [0.1, 0.15) is 15.8 Å². The first-order valence-electron chi connectivity index (χ1n) is 8.06. The van der Waals surface area contributed by atoms with E-state index in [4.69, 9.17) is 21.7 Å². The highest BCUT2D eigenvalue weighted by Crippen LogP contribution is 2.31. The quantitative estimate of drug-likeness (QED) is 0.483. The molecule has 1 heterocycles. The van der Waals surface area contributed by atoms with Gasteiger partial charge in [-0.15, -0.1) is 0 Å². The molecule has 2 aromatic carbocycles. The monoisotopic (exact) mass is 478 g/mol. The number of halogens is 1. The summed E-state index contributed by atoms with van der Waals surface area (Å²) in [6.07, 6.45) is 1.68. The molecule has 28 heavy (non-hydrogen) atoms. The molecule has 0 unspecified atom stereocenters. The van der Waals surface area contributed by atoms with Crippen LogP contribution in [0.2, 0.25) is 0 Å². The maximum Gasteiger partial charge on any atom is 0.263 e. The number of methoxy groups -OCH3 is 1. The van der Waals surface area contributed by atoms with Crippen molar-refractivity contribution < 1.29 is 19.1 Å². The second-order valence-electron chi connectivity index (χ2n) is 5.60. The van der Waals surface area contributed by atoms with Crippen molar-refractivity contribution in [1.29, 1.82) is 0 Å². The number of thiocarbonyl (C=S) groups is 1. The minimum absolute atomic E-state index is 0.179. The van der Waals surface area contributed by atoms with E-state index in [-0.39, 0.29) is 18.4 Å². The first-order valence-corrected chi connectivity index (χ1v) is 10.1. The number of benzene rings is 2. The van der Waals surface area contributed by atoms with Crippen LogP contribution in [0.1, 0.15) is 5.56 Å². The lowest BCUT2D eigenvalue weighted by Crippen LogP contribution is -2.20. The van der Waals surface area contributed by atoms with Crippen LogP contribution in [0.25, 0.3) is 6.08 Å². The molecule has 144 valence electrons. The SMILES string of the molecule is COc1ccc(NC(=O)COc2ccc(Br)cc2/C=C2\SC(=S)NC2=O)cc1. The van der Waals surface area contributed by atoms with Gasteiger partial charge in [0.25, 0.3) is 11.8 Å². The Bertz CT molecular complexity index is 961. The molecule has 0 atom stereocenters. The number of hydrogen-bond donors (Lipinski definition) is 2. The summed E-state index contributed by atoms with van der Waals surface area (Å²) >= 11 is 9.59. The number of amides is 2. The number of carbonyl (C=O) groups excluding carboxylic acids is 2. The van der Waals surface area contributed by atoms with Crippen LogP contribution in [0.3, 0.4) is 0 Å². The lowest BCUT2D eigenvalue weighted by atomic mass is 10.2. The van der Waals surface area contributed by atoms with Crippen molar-refractivity contribution in [2.75, 3.05) is 19.0 Å². The van der Waals surface area contributed by atoms with Crippen LogP contribution >= 0.6 is 39.9 Å². The van der Waals surface area contributed by atoms with Crippen LogP contribution in [-0.2, 0) is 9.59 Å². The maximum absolute atomic E-state index is 12.2. The lowest BCUT2D eigenvalue weighted by molar-refractivity contribution is -0.118. The minimum atomic E-state index is -0.305. The molecule has 0 spiro atoms. The van der Waals surface area contributed by atoms with Gasteiger partial charge < -0.3 is 20.1 Å². The molecule has 1 saturated heterocycles. The summed E-state index contributed by atoms with van der Waals surface area (Å²) in [7, 11) is 1.58. The summed E-state index contributed by atoms with van der Waals surface area (Å²) in [6.45, 7) is -0.179. The predicted molar refractivity (Wildman–Crippen MR) is 118 cm³/mol. The van der Waals surface area contributed by atoms with E-state index in [1.807, 2.05) is 0 Å². The van der Waals surface area contributed by atoms with Crippen molar-refractivity contribution in [3.8, 4) is 11.5 Å². The number of nitrogens with one attached hydrogen (secondary N) is 2. The molecule has 1 aliphatic heterocycles. The second-order valence-corrected chi connectivity index (χ2v) is 8.23. The molecule has 1 fully saturated rings. The smallest absolute Gasteiger partial charge is 0.263 e. The third-order valence-corrected chi connectivity index (χ3v) is 5.29. The fourth-order valence-electron chi connectivity index (χ4n) is 2.34. The van der Waals surface area contributed by atoms with Crippen molar-refractivity contribution in [3.05, 3.63) is 57.4 Å². The summed E-state index contributed by atoms with van der Waals surface area (Å²) in [5.41, 5.74) is 1.30. The fourth-order valence-corrected chi connectivity index (χ4v) is 3.75. The third kappa shape index (κ3) is 5.34. The standard InChI is InChI=1S/C19H15BrN2O4S2/c1-25-14-5-3-13(4-6-14)21-17(23)10-26-15-7-2-12(20)8-11(15)9-16-18(24)22-19(27)28-16/h2-9H,10H2,1H3,(H,21,23)(H,22,24,27)/b16-9-. The Kier molecular flexibility index (Phi) is 6.71. The Morgan fingerprint density at radius 1 is 1.29 bits per heavy atom. The first-order chi connectivity index (χ1) is 13.4. The van der Waals surface area contributed by atoms with Crippen LogP contribution in [0.15, 0.2) is 51.8 Å². The summed E-state index contributed by atoms with van der Waals surface area (Å²) in [6, 6.07) is 12.3. The van der Waals surface area contributed by atoms with Crippen molar-refractivity contribution in [1.82, 2.24) is 5.32 Å². The molecule has 2 N–H and O–H groups in total. The van der Waals surface area contributed by atoms with Gasteiger partial charge in [-0.3, -0.25) is 9.59 Å². The molecule has 1 aliphatic rings. The van der Waals surface area contributed by atoms with Crippen LogP contribution in [0, 0.1) is 0 Å². The minimum Gasteiger partial charge on any atom is -0.497 e. The Morgan fingerprint density at radius 3 is 2.68 bits per heavy atom. The molecule has 9 heteroatoms. The molecule has 2 amide bonds. The Labute approximate surface area is 179 Å². The first kappa shape index (κ1) is 20.4. The number of hydrogen-bond acceptors (Lipinski definition) is 6. The average Bonchev–Trinajstić information content (AvgIpc) is 2.98. The number of rotatable bonds is 6. The van der Waals surface area contributed by atoms with Gasteiger partial charge in [-0.2, -0.15) is 0 Å². The largest absolute Gasteiger partial charge is 0.497 e. The topological polar surface area (TPSA) is 76.7 Å². The molecule has 0 radical (unpaired) electrons. The van der Waals surface area contributed by atoms with E-state index in [9.17, 15) is 9.59 Å². The average molecular weight is 479 g/mol. The second kappa shape index (κ2) is 9.22. The zero-order valence-corrected chi connectivity index (χ0v) is 17.9. The van der Waals surface area contributed by atoms with Gasteiger partial charge in [0.15, 0.2) is 6.61 Å². The fraction of sp³-hybridized carbons (Fsp3) is 0.105. The molecular formula is C19H15BrN2O4S2. The van der Waals surface area contributed by atoms with E-state index in [1.54, 1.807) is 55.7 Å². The zero-order valence-electron chi connectivity index (χ0n) is 14.7. The van der Waals surface area contributed by atoms with Gasteiger partial charge in [0, 0.05) is 15.7 Å². The van der Waals surface area contributed by atoms with Gasteiger partial charge >= 0.3 is 0 Å². The van der Waals surface area contributed by atoms with Gasteiger partial charge in [0.2, 0.25) is 0 Å². The molecule has 3 rings (SSSR count). The molecule has 0 bridgehead atoms. The van der Waals surface area contributed by atoms with Crippen LogP contribution in [0.5, 0.6) is 11.5 Å². The normalized spacial score (nSPS) is 14.7. The lowest BCUT2D eigenvalue weighted by Gasteiger charge is -2.11. The highest BCUT2D eigenvalue weighted by Gasteiger charge is 2.22. The highest BCUT2D eigenvalue weighted by molar-refractivity contribution is 9.10. The Hall–Kier alpha value is -2.36. The number of ether oxygens (including phenoxy) is 2. The van der Waals surface area contributed by atoms with Crippen molar-refractivity contribution in [2.45, 2.75) is 0 Å². The predicted octanol–water partition coefficient (Wildman–Crippen LogP) is 3.96. The summed E-state index contributed by atoms with van der Waals surface area (Å²) < 4.78 is 12.0. The molecule has 2 aromatic rings. The van der Waals surface area contributed by atoms with Crippen LogP contribution in [0.4, 0.5) is 5.69 Å². The number of anilines is 1. The van der Waals surface area contributed by atoms with Gasteiger partial charge in [-0.25, -0.2) is 0 Å². The van der Waals surface area contributed by atoms with E-state index < -0.39 is 0 Å². The van der Waals surface area contributed by atoms with E-state index in [2.05, 4.69) is 26.6 Å². The molecule has 0 saturated carbocycles. The number of carbonyl (C=O) groups is 2. The van der Waals surface area contributed by atoms with Crippen LogP contribution < -0.4 is 20.1 Å². The van der Waals surface area contributed by atoms with E-state index in [0.717, 1.165) is 4.47 Å². The molecule has 0 aliphatic carbocycles. The zero-order chi connectivity index (χ0) is 20.1. The summed E-state index contributed by atoms with van der Waals surface area (Å²) in [5.74, 6) is 0.626. The number of thioether (sulfide) groups is 1. The molecule has 6 nitrogen and oxygen atoms in total. The highest BCUT2D eigenvalue weighted by atomic mass is 79.9. The van der Waals surface area contributed by atoms with Gasteiger partial charge in [-0.05, 0) is 48.5 Å². The molecular weight excluding hydrogens is 464 g/mol. The Morgan fingerprint density at radius 2 is 2.04 bits per heavy atom. The maximum atomic E-state index is 12.2. The summed E-state index contributed by atoms with van der Waals surface area (Å²) in [5, 5.41) is 5.32. The van der Waals surface area contributed by atoms with Crippen molar-refractivity contribution in [3.63, 3.8) is 0 Å². The van der Waals surface area contributed by atoms with E-state index >= 15 is 0 Å².